The maximum Gasteiger partial charge on any atom is 0.255 e. The van der Waals surface area contributed by atoms with Gasteiger partial charge in [-0.1, -0.05) is 24.3 Å². The zero-order valence-electron chi connectivity index (χ0n) is 17.2. The molecule has 5 rings (SSSR count). The summed E-state index contributed by atoms with van der Waals surface area (Å²) in [6, 6.07) is 13.8. The third kappa shape index (κ3) is 4.01. The van der Waals surface area contributed by atoms with E-state index in [2.05, 4.69) is 27.0 Å². The standard InChI is InChI=1S/C24H24BrN3O2S/c25-19-8-5-7-16-18-14-28(13-10-20(18)26-23(16)19)24(30)17-6-1-2-9-21(17)31-15-22(29)27-11-3-4-12-27/h1-2,5-9,26H,3-4,10-15H2. The normalized spacial score (nSPS) is 16.0. The van der Waals surface area contributed by atoms with E-state index in [0.717, 1.165) is 47.2 Å². The molecule has 0 unspecified atom stereocenters. The summed E-state index contributed by atoms with van der Waals surface area (Å²) < 4.78 is 1.04. The minimum absolute atomic E-state index is 0.0340. The van der Waals surface area contributed by atoms with Crippen LogP contribution in [-0.2, 0) is 17.8 Å². The van der Waals surface area contributed by atoms with E-state index in [1.54, 1.807) is 0 Å². The smallest absolute Gasteiger partial charge is 0.255 e. The molecule has 160 valence electrons. The van der Waals surface area contributed by atoms with Gasteiger partial charge in [0.1, 0.15) is 0 Å². The van der Waals surface area contributed by atoms with Crippen LogP contribution in [0.25, 0.3) is 10.9 Å². The highest BCUT2D eigenvalue weighted by Gasteiger charge is 2.27. The number of nitrogens with zero attached hydrogens (tertiary/aromatic N) is 2. The Morgan fingerprint density at radius 2 is 1.81 bits per heavy atom. The number of aromatic amines is 1. The van der Waals surface area contributed by atoms with Gasteiger partial charge < -0.3 is 14.8 Å². The molecule has 1 saturated heterocycles. The second kappa shape index (κ2) is 8.71. The van der Waals surface area contributed by atoms with Crippen LogP contribution in [0.5, 0.6) is 0 Å². The number of H-pyrrole nitrogens is 1. The average Bonchev–Trinajstić information content (AvgIpc) is 3.46. The second-order valence-electron chi connectivity index (χ2n) is 8.09. The van der Waals surface area contributed by atoms with Crippen LogP contribution in [0.3, 0.4) is 0 Å². The number of benzene rings is 2. The third-order valence-corrected chi connectivity index (χ3v) is 7.89. The SMILES string of the molecule is O=C(CSc1ccccc1C(=O)N1CCc2[nH]c3c(Br)cccc3c2C1)N1CCCC1. The summed E-state index contributed by atoms with van der Waals surface area (Å²) in [5.74, 6) is 0.578. The van der Waals surface area contributed by atoms with Crippen molar-refractivity contribution >= 4 is 50.4 Å². The summed E-state index contributed by atoms with van der Waals surface area (Å²) in [5, 5.41) is 1.17. The van der Waals surface area contributed by atoms with Gasteiger partial charge in [-0.25, -0.2) is 0 Å². The molecule has 3 aromatic rings. The lowest BCUT2D eigenvalue weighted by Crippen LogP contribution is -2.36. The van der Waals surface area contributed by atoms with Crippen molar-refractivity contribution in [2.45, 2.75) is 30.7 Å². The van der Waals surface area contributed by atoms with Gasteiger partial charge in [0, 0.05) is 58.6 Å². The monoisotopic (exact) mass is 497 g/mol. The molecular formula is C24H24BrN3O2S. The van der Waals surface area contributed by atoms with Gasteiger partial charge >= 0.3 is 0 Å². The number of halogens is 1. The first-order chi connectivity index (χ1) is 15.1. The molecule has 31 heavy (non-hydrogen) atoms. The number of para-hydroxylation sites is 1. The molecule has 2 aliphatic heterocycles. The van der Waals surface area contributed by atoms with Gasteiger partial charge in [-0.05, 0) is 47.0 Å². The maximum absolute atomic E-state index is 13.5. The number of amides is 2. The zero-order chi connectivity index (χ0) is 21.4. The number of rotatable bonds is 4. The molecule has 0 radical (unpaired) electrons. The van der Waals surface area contributed by atoms with Crippen LogP contribution < -0.4 is 0 Å². The zero-order valence-corrected chi connectivity index (χ0v) is 19.6. The Hall–Kier alpha value is -2.25. The van der Waals surface area contributed by atoms with Gasteiger partial charge in [0.15, 0.2) is 0 Å². The molecule has 2 amide bonds. The first kappa shape index (κ1) is 20.6. The molecule has 0 bridgehead atoms. The molecule has 3 heterocycles. The molecular weight excluding hydrogens is 474 g/mol. The largest absolute Gasteiger partial charge is 0.357 e. The lowest BCUT2D eigenvalue weighted by Gasteiger charge is -2.28. The lowest BCUT2D eigenvalue weighted by molar-refractivity contribution is -0.127. The van der Waals surface area contributed by atoms with Gasteiger partial charge in [0.2, 0.25) is 5.91 Å². The Morgan fingerprint density at radius 3 is 2.65 bits per heavy atom. The number of nitrogens with one attached hydrogen (secondary N) is 1. The van der Waals surface area contributed by atoms with Crippen LogP contribution in [0.1, 0.15) is 34.5 Å². The van der Waals surface area contributed by atoms with E-state index in [9.17, 15) is 9.59 Å². The summed E-state index contributed by atoms with van der Waals surface area (Å²) in [7, 11) is 0. The van der Waals surface area contributed by atoms with Crippen LogP contribution in [0, 0.1) is 0 Å². The van der Waals surface area contributed by atoms with Crippen molar-refractivity contribution in [2.24, 2.45) is 0 Å². The Bertz CT molecular complexity index is 1150. The van der Waals surface area contributed by atoms with E-state index in [-0.39, 0.29) is 11.8 Å². The molecule has 0 atom stereocenters. The molecule has 2 aromatic carbocycles. The first-order valence-electron chi connectivity index (χ1n) is 10.7. The highest BCUT2D eigenvalue weighted by atomic mass is 79.9. The molecule has 0 saturated carbocycles. The maximum atomic E-state index is 13.5. The van der Waals surface area contributed by atoms with Gasteiger partial charge in [0.25, 0.3) is 5.91 Å². The lowest BCUT2D eigenvalue weighted by atomic mass is 10.0. The Kier molecular flexibility index (Phi) is 5.80. The van der Waals surface area contributed by atoms with Crippen molar-refractivity contribution < 1.29 is 9.59 Å². The third-order valence-electron chi connectivity index (χ3n) is 6.17. The van der Waals surface area contributed by atoms with Gasteiger partial charge in [-0.15, -0.1) is 11.8 Å². The van der Waals surface area contributed by atoms with Crippen LogP contribution in [-0.4, -0.2) is 52.0 Å². The number of likely N-dealkylation sites (tertiary alicyclic amines) is 1. The minimum atomic E-state index is 0.0340. The summed E-state index contributed by atoms with van der Waals surface area (Å²) in [5.41, 5.74) is 4.19. The average molecular weight is 498 g/mol. The van der Waals surface area contributed by atoms with Crippen LogP contribution in [0.2, 0.25) is 0 Å². The Morgan fingerprint density at radius 1 is 1.00 bits per heavy atom. The van der Waals surface area contributed by atoms with Crippen LogP contribution >= 0.6 is 27.7 Å². The van der Waals surface area contributed by atoms with Gasteiger partial charge in [0.05, 0.1) is 16.8 Å². The Balaban J connectivity index is 1.34. The Labute approximate surface area is 194 Å². The van der Waals surface area contributed by atoms with Crippen molar-refractivity contribution in [1.82, 2.24) is 14.8 Å². The summed E-state index contributed by atoms with van der Waals surface area (Å²) >= 11 is 5.10. The molecule has 0 spiro atoms. The molecule has 5 nitrogen and oxygen atoms in total. The number of fused-ring (bicyclic) bond motifs is 3. The highest BCUT2D eigenvalue weighted by Crippen LogP contribution is 2.33. The van der Waals surface area contributed by atoms with E-state index < -0.39 is 0 Å². The number of aromatic nitrogens is 1. The highest BCUT2D eigenvalue weighted by molar-refractivity contribution is 9.10. The van der Waals surface area contributed by atoms with Crippen LogP contribution in [0.15, 0.2) is 51.8 Å². The van der Waals surface area contributed by atoms with Crippen molar-refractivity contribution in [3.8, 4) is 0 Å². The van der Waals surface area contributed by atoms with E-state index in [4.69, 9.17) is 0 Å². The van der Waals surface area contributed by atoms with E-state index >= 15 is 0 Å². The quantitative estimate of drug-likeness (QED) is 0.524. The summed E-state index contributed by atoms with van der Waals surface area (Å²) in [6.07, 6.45) is 2.99. The predicted octanol–water partition coefficient (Wildman–Crippen LogP) is 4.84. The molecule has 2 aliphatic rings. The van der Waals surface area contributed by atoms with Crippen molar-refractivity contribution in [2.75, 3.05) is 25.4 Å². The van der Waals surface area contributed by atoms with Crippen LogP contribution in [0.4, 0.5) is 0 Å². The second-order valence-corrected chi connectivity index (χ2v) is 9.97. The van der Waals surface area contributed by atoms with E-state index in [1.807, 2.05) is 46.2 Å². The fourth-order valence-electron chi connectivity index (χ4n) is 4.51. The van der Waals surface area contributed by atoms with Crippen molar-refractivity contribution in [3.05, 3.63) is 63.8 Å². The molecule has 1 aromatic heterocycles. The molecule has 1 fully saturated rings. The number of hydrogen-bond acceptors (Lipinski definition) is 3. The predicted molar refractivity (Wildman–Crippen MR) is 127 cm³/mol. The van der Waals surface area contributed by atoms with Crippen molar-refractivity contribution in [1.29, 1.82) is 0 Å². The fourth-order valence-corrected chi connectivity index (χ4v) is 5.92. The molecule has 0 aliphatic carbocycles. The topological polar surface area (TPSA) is 56.4 Å². The molecule has 7 heteroatoms. The van der Waals surface area contributed by atoms with E-state index in [0.29, 0.717) is 24.4 Å². The number of carbonyl (C=O) groups is 2. The van der Waals surface area contributed by atoms with Gasteiger partial charge in [-0.2, -0.15) is 0 Å². The minimum Gasteiger partial charge on any atom is -0.357 e. The molecule has 1 N–H and O–H groups in total. The van der Waals surface area contributed by atoms with Crippen molar-refractivity contribution in [3.63, 3.8) is 0 Å². The van der Waals surface area contributed by atoms with Gasteiger partial charge in [-0.3, -0.25) is 9.59 Å². The van der Waals surface area contributed by atoms with E-state index in [1.165, 1.54) is 28.4 Å². The first-order valence-corrected chi connectivity index (χ1v) is 12.5. The fraction of sp³-hybridized carbons (Fsp3) is 0.333. The summed E-state index contributed by atoms with van der Waals surface area (Å²) in [6.45, 7) is 2.99. The number of thioether (sulfide) groups is 1. The summed E-state index contributed by atoms with van der Waals surface area (Å²) in [4.78, 5) is 34.2. The number of carbonyl (C=O) groups excluding carboxylic acids is 2. The number of hydrogen-bond donors (Lipinski definition) is 1.